The molecule has 1 heterocycles. The summed E-state index contributed by atoms with van der Waals surface area (Å²) in [4.78, 5) is 14.9. The van der Waals surface area contributed by atoms with Crippen LogP contribution in [0.2, 0.25) is 0 Å². The molecule has 0 aliphatic rings. The maximum absolute atomic E-state index is 12.4. The van der Waals surface area contributed by atoms with Crippen LogP contribution >= 0.6 is 22.6 Å². The number of rotatable bonds is 5. The van der Waals surface area contributed by atoms with Crippen LogP contribution in [0.25, 0.3) is 0 Å². The Labute approximate surface area is 134 Å². The number of halogens is 1. The third-order valence-electron chi connectivity index (χ3n) is 2.71. The maximum Gasteiger partial charge on any atom is 0.336 e. The highest BCUT2D eigenvalue weighted by molar-refractivity contribution is 14.1. The number of aromatic nitrogens is 3. The number of carbonyl (C=O) groups is 1. The maximum atomic E-state index is 12.4. The van der Waals surface area contributed by atoms with E-state index in [9.17, 15) is 13.2 Å². The van der Waals surface area contributed by atoms with E-state index in [1.54, 1.807) is 0 Å². The van der Waals surface area contributed by atoms with Crippen molar-refractivity contribution in [3.05, 3.63) is 39.5 Å². The van der Waals surface area contributed by atoms with E-state index in [4.69, 9.17) is 5.11 Å². The van der Waals surface area contributed by atoms with Crippen molar-refractivity contribution < 1.29 is 18.3 Å². The molecule has 8 nitrogen and oxygen atoms in total. The van der Waals surface area contributed by atoms with Crippen molar-refractivity contribution >= 4 is 38.6 Å². The highest BCUT2D eigenvalue weighted by Gasteiger charge is 2.23. The molecule has 0 aliphatic carbocycles. The summed E-state index contributed by atoms with van der Waals surface area (Å²) in [5.74, 6) is -0.778. The zero-order valence-electron chi connectivity index (χ0n) is 10.8. The van der Waals surface area contributed by atoms with Crippen molar-refractivity contribution in [1.29, 1.82) is 0 Å². The number of hydrogen-bond acceptors (Lipinski definition) is 5. The van der Waals surface area contributed by atoms with Crippen LogP contribution in [0.15, 0.2) is 29.4 Å². The highest BCUT2D eigenvalue weighted by atomic mass is 127. The SMILES string of the molecule is CN(Cc1ncn[nH]1)S(=O)(=O)c1ccc(I)c(C(=O)O)c1. The smallest absolute Gasteiger partial charge is 0.336 e. The van der Waals surface area contributed by atoms with Crippen molar-refractivity contribution in [3.8, 4) is 0 Å². The number of sulfonamides is 1. The molecule has 0 unspecified atom stereocenters. The molecule has 0 atom stereocenters. The van der Waals surface area contributed by atoms with Gasteiger partial charge in [-0.3, -0.25) is 5.10 Å². The largest absolute Gasteiger partial charge is 0.478 e. The van der Waals surface area contributed by atoms with Crippen LogP contribution in [0, 0.1) is 3.57 Å². The van der Waals surface area contributed by atoms with Crippen molar-refractivity contribution in [2.45, 2.75) is 11.4 Å². The lowest BCUT2D eigenvalue weighted by molar-refractivity contribution is 0.0695. The molecule has 0 saturated carbocycles. The fourth-order valence-electron chi connectivity index (χ4n) is 1.61. The molecular formula is C11H11IN4O4S. The van der Waals surface area contributed by atoms with Crippen molar-refractivity contribution in [2.24, 2.45) is 0 Å². The zero-order chi connectivity index (χ0) is 15.6. The summed E-state index contributed by atoms with van der Waals surface area (Å²) in [6.45, 7) is 0.0106. The van der Waals surface area contributed by atoms with Crippen LogP contribution in [0.3, 0.4) is 0 Å². The predicted molar refractivity (Wildman–Crippen MR) is 81.2 cm³/mol. The summed E-state index contributed by atoms with van der Waals surface area (Å²) < 4.78 is 26.4. The van der Waals surface area contributed by atoms with Gasteiger partial charge >= 0.3 is 5.97 Å². The average Bonchev–Trinajstić information content (AvgIpc) is 2.91. The van der Waals surface area contributed by atoms with Gasteiger partial charge in [0.1, 0.15) is 12.2 Å². The molecule has 2 N–H and O–H groups in total. The lowest BCUT2D eigenvalue weighted by Crippen LogP contribution is -2.27. The van der Waals surface area contributed by atoms with E-state index in [1.165, 1.54) is 25.5 Å². The predicted octanol–water partition coefficient (Wildman–Crippen LogP) is 0.928. The molecule has 1 aromatic carbocycles. The van der Waals surface area contributed by atoms with E-state index in [1.807, 2.05) is 22.6 Å². The molecule has 0 bridgehead atoms. The fourth-order valence-corrected chi connectivity index (χ4v) is 3.34. The van der Waals surface area contributed by atoms with Crippen LogP contribution in [0.1, 0.15) is 16.2 Å². The summed E-state index contributed by atoms with van der Waals surface area (Å²) in [6.07, 6.45) is 1.28. The van der Waals surface area contributed by atoms with Gasteiger partial charge in [0.2, 0.25) is 10.0 Å². The summed E-state index contributed by atoms with van der Waals surface area (Å²) in [7, 11) is -2.42. The van der Waals surface area contributed by atoms with Crippen molar-refractivity contribution in [1.82, 2.24) is 19.5 Å². The molecule has 0 amide bonds. The lowest BCUT2D eigenvalue weighted by atomic mass is 10.2. The molecular weight excluding hydrogens is 411 g/mol. The summed E-state index contributed by atoms with van der Waals surface area (Å²) >= 11 is 1.84. The van der Waals surface area contributed by atoms with Gasteiger partial charge in [-0.05, 0) is 40.8 Å². The molecule has 21 heavy (non-hydrogen) atoms. The second kappa shape index (κ2) is 6.07. The van der Waals surface area contributed by atoms with Gasteiger partial charge in [-0.1, -0.05) is 0 Å². The van der Waals surface area contributed by atoms with Gasteiger partial charge in [-0.25, -0.2) is 18.2 Å². The van der Waals surface area contributed by atoms with E-state index in [-0.39, 0.29) is 17.0 Å². The normalized spacial score (nSPS) is 11.8. The van der Waals surface area contributed by atoms with Gasteiger partial charge < -0.3 is 5.11 Å². The van der Waals surface area contributed by atoms with E-state index < -0.39 is 16.0 Å². The average molecular weight is 422 g/mol. The Morgan fingerprint density at radius 2 is 2.19 bits per heavy atom. The van der Waals surface area contributed by atoms with Gasteiger partial charge in [0.15, 0.2) is 0 Å². The van der Waals surface area contributed by atoms with Gasteiger partial charge in [-0.15, -0.1) is 0 Å². The standard InChI is InChI=1S/C11H11IN4O4S/c1-16(5-10-13-6-14-15-10)21(19,20)7-2-3-9(12)8(4-7)11(17)18/h2-4,6H,5H2,1H3,(H,17,18)(H,13,14,15). The molecule has 112 valence electrons. The third-order valence-corrected chi connectivity index (χ3v) is 5.45. The van der Waals surface area contributed by atoms with Crippen molar-refractivity contribution in [2.75, 3.05) is 7.05 Å². The Kier molecular flexibility index (Phi) is 4.58. The second-order valence-corrected chi connectivity index (χ2v) is 7.35. The minimum atomic E-state index is -3.81. The number of aromatic amines is 1. The Morgan fingerprint density at radius 1 is 1.48 bits per heavy atom. The van der Waals surface area contributed by atoms with Crippen LogP contribution in [-0.4, -0.2) is 46.0 Å². The first-order valence-corrected chi connectivity index (χ1v) is 8.17. The Morgan fingerprint density at radius 3 is 2.76 bits per heavy atom. The van der Waals surface area contributed by atoms with E-state index >= 15 is 0 Å². The number of carboxylic acids is 1. The van der Waals surface area contributed by atoms with Crippen molar-refractivity contribution in [3.63, 3.8) is 0 Å². The minimum Gasteiger partial charge on any atom is -0.478 e. The number of aromatic carboxylic acids is 1. The first-order chi connectivity index (χ1) is 9.82. The first kappa shape index (κ1) is 15.9. The number of hydrogen-bond donors (Lipinski definition) is 2. The molecule has 1 aromatic heterocycles. The number of nitrogens with one attached hydrogen (secondary N) is 1. The van der Waals surface area contributed by atoms with Crippen LogP contribution in [0.4, 0.5) is 0 Å². The summed E-state index contributed by atoms with van der Waals surface area (Å²) in [5, 5.41) is 15.3. The topological polar surface area (TPSA) is 116 Å². The van der Waals surface area contributed by atoms with Gasteiger partial charge in [0.05, 0.1) is 17.0 Å². The van der Waals surface area contributed by atoms with Crippen LogP contribution in [-0.2, 0) is 16.6 Å². The molecule has 0 radical (unpaired) electrons. The molecule has 0 spiro atoms. The Hall–Kier alpha value is -1.53. The molecule has 0 saturated heterocycles. The molecule has 2 aromatic rings. The first-order valence-electron chi connectivity index (χ1n) is 5.66. The molecule has 0 aliphatic heterocycles. The summed E-state index contributed by atoms with van der Waals surface area (Å²) in [6, 6.07) is 3.98. The number of carboxylic acid groups (broad SMARTS) is 1. The third kappa shape index (κ3) is 3.39. The Bertz CT molecular complexity index is 761. The second-order valence-electron chi connectivity index (χ2n) is 4.14. The minimum absolute atomic E-state index is 0.0106. The van der Waals surface area contributed by atoms with Gasteiger partial charge in [0, 0.05) is 10.6 Å². The summed E-state index contributed by atoms with van der Waals surface area (Å²) in [5.41, 5.74) is -0.0512. The molecule has 2 rings (SSSR count). The molecule has 0 fully saturated rings. The number of nitrogens with zero attached hydrogens (tertiary/aromatic N) is 3. The van der Waals surface area contributed by atoms with E-state index in [2.05, 4.69) is 15.2 Å². The van der Waals surface area contributed by atoms with Crippen LogP contribution < -0.4 is 0 Å². The van der Waals surface area contributed by atoms with E-state index in [0.29, 0.717) is 9.39 Å². The number of H-pyrrole nitrogens is 1. The highest BCUT2D eigenvalue weighted by Crippen LogP contribution is 2.21. The lowest BCUT2D eigenvalue weighted by Gasteiger charge is -2.16. The zero-order valence-corrected chi connectivity index (χ0v) is 13.8. The van der Waals surface area contributed by atoms with Crippen LogP contribution in [0.5, 0.6) is 0 Å². The van der Waals surface area contributed by atoms with E-state index in [0.717, 1.165) is 10.4 Å². The number of benzene rings is 1. The van der Waals surface area contributed by atoms with Gasteiger partial charge in [0.25, 0.3) is 0 Å². The molecule has 10 heteroatoms. The Balaban J connectivity index is 2.35. The van der Waals surface area contributed by atoms with Gasteiger partial charge in [-0.2, -0.15) is 9.40 Å². The quantitative estimate of drug-likeness (QED) is 0.693. The fraction of sp³-hybridized carbons (Fsp3) is 0.182. The monoisotopic (exact) mass is 422 g/mol.